The molecular weight excluding hydrogens is 256 g/mol. The quantitative estimate of drug-likeness (QED) is 0.511. The number of fused-ring (bicyclic) bond motifs is 2. The second-order valence-corrected chi connectivity index (χ2v) is 5.03. The predicted octanol–water partition coefficient (Wildman–Crippen LogP) is 5.13. The van der Waals surface area contributed by atoms with Crippen LogP contribution in [0.25, 0.3) is 21.5 Å². The van der Waals surface area contributed by atoms with Gasteiger partial charge in [0, 0.05) is 17.0 Å². The number of hydrogen-bond acceptors (Lipinski definition) is 2. The lowest BCUT2D eigenvalue weighted by molar-refractivity contribution is 1.32. The van der Waals surface area contributed by atoms with Crippen LogP contribution in [-0.4, -0.2) is 4.98 Å². The van der Waals surface area contributed by atoms with Crippen molar-refractivity contribution in [2.24, 2.45) is 0 Å². The topological polar surface area (TPSA) is 24.9 Å². The van der Waals surface area contributed by atoms with E-state index in [1.54, 1.807) is 6.20 Å². The summed E-state index contributed by atoms with van der Waals surface area (Å²) < 4.78 is 0. The minimum atomic E-state index is 0.860. The van der Waals surface area contributed by atoms with Crippen LogP contribution < -0.4 is 5.32 Å². The molecule has 0 aliphatic rings. The molecule has 0 bridgehead atoms. The van der Waals surface area contributed by atoms with E-state index in [0.717, 1.165) is 11.5 Å². The number of aromatic nitrogens is 1. The number of rotatable bonds is 2. The second kappa shape index (κ2) is 4.91. The van der Waals surface area contributed by atoms with E-state index in [1.807, 2.05) is 18.2 Å². The Morgan fingerprint density at radius 2 is 1.29 bits per heavy atom. The summed E-state index contributed by atoms with van der Waals surface area (Å²) >= 11 is 0. The molecule has 4 rings (SSSR count). The Balaban J connectivity index is 2.02. The summed E-state index contributed by atoms with van der Waals surface area (Å²) in [5.74, 6) is 0.860. The maximum atomic E-state index is 4.38. The molecule has 1 aromatic heterocycles. The van der Waals surface area contributed by atoms with Gasteiger partial charge in [-0.2, -0.15) is 0 Å². The molecule has 0 fully saturated rings. The molecule has 0 saturated heterocycles. The van der Waals surface area contributed by atoms with E-state index in [1.165, 1.54) is 21.5 Å². The molecule has 0 atom stereocenters. The van der Waals surface area contributed by atoms with Gasteiger partial charge in [0.1, 0.15) is 5.82 Å². The zero-order valence-corrected chi connectivity index (χ0v) is 11.5. The second-order valence-electron chi connectivity index (χ2n) is 5.03. The SMILES string of the molecule is c1ccc(Nc2c3ccccc3cc3ccccc23)nc1. The fourth-order valence-electron chi connectivity index (χ4n) is 2.71. The summed E-state index contributed by atoms with van der Waals surface area (Å²) in [6.07, 6.45) is 1.80. The third-order valence-corrected chi connectivity index (χ3v) is 3.69. The van der Waals surface area contributed by atoms with Crippen LogP contribution in [0.15, 0.2) is 79.0 Å². The molecule has 0 saturated carbocycles. The van der Waals surface area contributed by atoms with E-state index >= 15 is 0 Å². The smallest absolute Gasteiger partial charge is 0.130 e. The van der Waals surface area contributed by atoms with Crippen molar-refractivity contribution in [1.82, 2.24) is 4.98 Å². The average molecular weight is 270 g/mol. The molecule has 1 N–H and O–H groups in total. The van der Waals surface area contributed by atoms with Crippen molar-refractivity contribution in [2.75, 3.05) is 5.32 Å². The van der Waals surface area contributed by atoms with Crippen LogP contribution in [0.1, 0.15) is 0 Å². The fourth-order valence-corrected chi connectivity index (χ4v) is 2.71. The summed E-state index contributed by atoms with van der Waals surface area (Å²) in [5, 5.41) is 8.36. The predicted molar refractivity (Wildman–Crippen MR) is 89.0 cm³/mol. The molecule has 0 spiro atoms. The Morgan fingerprint density at radius 3 is 1.90 bits per heavy atom. The van der Waals surface area contributed by atoms with Crippen LogP contribution in [0.3, 0.4) is 0 Å². The van der Waals surface area contributed by atoms with Crippen molar-refractivity contribution in [1.29, 1.82) is 0 Å². The van der Waals surface area contributed by atoms with Gasteiger partial charge in [-0.15, -0.1) is 0 Å². The van der Waals surface area contributed by atoms with Crippen molar-refractivity contribution in [3.05, 3.63) is 79.0 Å². The summed E-state index contributed by atoms with van der Waals surface area (Å²) in [5.41, 5.74) is 1.11. The first-order chi connectivity index (χ1) is 10.4. The molecule has 0 radical (unpaired) electrons. The standard InChI is InChI=1S/C19H14N2/c1-3-9-16-14(7-1)13-15-8-2-4-10-17(15)19(16)21-18-11-5-6-12-20-18/h1-13H,(H,20,21). The van der Waals surface area contributed by atoms with Crippen molar-refractivity contribution in [3.63, 3.8) is 0 Å². The van der Waals surface area contributed by atoms with Gasteiger partial charge in [0.15, 0.2) is 0 Å². The van der Waals surface area contributed by atoms with Crippen LogP contribution >= 0.6 is 0 Å². The Kier molecular flexibility index (Phi) is 2.79. The maximum Gasteiger partial charge on any atom is 0.130 e. The van der Waals surface area contributed by atoms with E-state index < -0.39 is 0 Å². The summed E-state index contributed by atoms with van der Waals surface area (Å²) in [6, 6.07) is 25.0. The summed E-state index contributed by atoms with van der Waals surface area (Å²) in [6.45, 7) is 0. The molecule has 3 aromatic carbocycles. The zero-order valence-electron chi connectivity index (χ0n) is 11.5. The normalized spacial score (nSPS) is 10.9. The van der Waals surface area contributed by atoms with E-state index in [9.17, 15) is 0 Å². The third kappa shape index (κ3) is 2.11. The Morgan fingerprint density at radius 1 is 0.667 bits per heavy atom. The fraction of sp³-hybridized carbons (Fsp3) is 0. The first kappa shape index (κ1) is 11.9. The van der Waals surface area contributed by atoms with Gasteiger partial charge >= 0.3 is 0 Å². The molecule has 4 aromatic rings. The highest BCUT2D eigenvalue weighted by molar-refractivity contribution is 6.11. The van der Waals surface area contributed by atoms with Gasteiger partial charge in [-0.1, -0.05) is 54.6 Å². The monoisotopic (exact) mass is 270 g/mol. The van der Waals surface area contributed by atoms with Crippen LogP contribution in [0.4, 0.5) is 11.5 Å². The van der Waals surface area contributed by atoms with Gasteiger partial charge in [-0.3, -0.25) is 0 Å². The maximum absolute atomic E-state index is 4.38. The van der Waals surface area contributed by atoms with Gasteiger partial charge in [-0.25, -0.2) is 4.98 Å². The summed E-state index contributed by atoms with van der Waals surface area (Å²) in [7, 11) is 0. The van der Waals surface area contributed by atoms with Crippen LogP contribution in [-0.2, 0) is 0 Å². The molecular formula is C19H14N2. The number of nitrogens with one attached hydrogen (secondary N) is 1. The number of benzene rings is 3. The van der Waals surface area contributed by atoms with Crippen LogP contribution in [0.5, 0.6) is 0 Å². The molecule has 0 amide bonds. The van der Waals surface area contributed by atoms with Crippen molar-refractivity contribution in [3.8, 4) is 0 Å². The lowest BCUT2D eigenvalue weighted by atomic mass is 10.0. The van der Waals surface area contributed by atoms with E-state index in [2.05, 4.69) is 64.9 Å². The van der Waals surface area contributed by atoms with Gasteiger partial charge < -0.3 is 5.32 Å². The van der Waals surface area contributed by atoms with E-state index in [0.29, 0.717) is 0 Å². The first-order valence-electron chi connectivity index (χ1n) is 7.00. The van der Waals surface area contributed by atoms with E-state index in [4.69, 9.17) is 0 Å². The minimum absolute atomic E-state index is 0.860. The van der Waals surface area contributed by atoms with Crippen LogP contribution in [0, 0.1) is 0 Å². The molecule has 0 aliphatic heterocycles. The number of pyridine rings is 1. The molecule has 2 nitrogen and oxygen atoms in total. The molecule has 2 heteroatoms. The lowest BCUT2D eigenvalue weighted by Crippen LogP contribution is -1.95. The van der Waals surface area contributed by atoms with Crippen molar-refractivity contribution >= 4 is 33.1 Å². The van der Waals surface area contributed by atoms with Gasteiger partial charge in [-0.05, 0) is 29.0 Å². The number of hydrogen-bond donors (Lipinski definition) is 1. The van der Waals surface area contributed by atoms with Crippen molar-refractivity contribution < 1.29 is 0 Å². The molecule has 21 heavy (non-hydrogen) atoms. The lowest BCUT2D eigenvalue weighted by Gasteiger charge is -2.13. The van der Waals surface area contributed by atoms with Gasteiger partial charge in [0.05, 0.1) is 5.69 Å². The highest BCUT2D eigenvalue weighted by Crippen LogP contribution is 2.34. The Bertz CT molecular complexity index is 860. The van der Waals surface area contributed by atoms with Gasteiger partial charge in [0.2, 0.25) is 0 Å². The summed E-state index contributed by atoms with van der Waals surface area (Å²) in [4.78, 5) is 4.38. The third-order valence-electron chi connectivity index (χ3n) is 3.69. The zero-order chi connectivity index (χ0) is 14.1. The molecule has 100 valence electrons. The molecule has 0 aliphatic carbocycles. The van der Waals surface area contributed by atoms with Crippen molar-refractivity contribution in [2.45, 2.75) is 0 Å². The number of anilines is 2. The average Bonchev–Trinajstić information content (AvgIpc) is 2.55. The van der Waals surface area contributed by atoms with E-state index in [-0.39, 0.29) is 0 Å². The van der Waals surface area contributed by atoms with Crippen LogP contribution in [0.2, 0.25) is 0 Å². The van der Waals surface area contributed by atoms with Gasteiger partial charge in [0.25, 0.3) is 0 Å². The minimum Gasteiger partial charge on any atom is -0.339 e. The highest BCUT2D eigenvalue weighted by atomic mass is 15.0. The Hall–Kier alpha value is -2.87. The Labute approximate surface area is 123 Å². The molecule has 1 heterocycles. The molecule has 0 unspecified atom stereocenters. The largest absolute Gasteiger partial charge is 0.339 e. The number of nitrogens with zero attached hydrogens (tertiary/aromatic N) is 1. The first-order valence-corrected chi connectivity index (χ1v) is 7.00. The highest BCUT2D eigenvalue weighted by Gasteiger charge is 2.07.